The molecule has 0 atom stereocenters. The summed E-state index contributed by atoms with van der Waals surface area (Å²) in [4.78, 5) is 2.29. The first kappa shape index (κ1) is 11.4. The Balaban J connectivity index is 2.03. The van der Waals surface area contributed by atoms with Crippen LogP contribution in [-0.2, 0) is 11.3 Å². The van der Waals surface area contributed by atoms with Crippen LogP contribution in [0.15, 0.2) is 18.2 Å². The molecule has 4 heteroatoms. The van der Waals surface area contributed by atoms with Crippen molar-refractivity contribution in [2.75, 3.05) is 33.4 Å². The van der Waals surface area contributed by atoms with Crippen LogP contribution < -0.4 is 4.74 Å². The van der Waals surface area contributed by atoms with E-state index < -0.39 is 0 Å². The summed E-state index contributed by atoms with van der Waals surface area (Å²) in [5, 5.41) is 0. The Morgan fingerprint density at radius 1 is 1.38 bits per heavy atom. The summed E-state index contributed by atoms with van der Waals surface area (Å²) < 4.78 is 23.4. The molecule has 0 N–H and O–H groups in total. The number of benzene rings is 1. The Kier molecular flexibility index (Phi) is 3.74. The van der Waals surface area contributed by atoms with E-state index in [-0.39, 0.29) is 5.82 Å². The van der Waals surface area contributed by atoms with Crippen molar-refractivity contribution in [3.63, 3.8) is 0 Å². The molecule has 0 aliphatic carbocycles. The number of hydrogen-bond acceptors (Lipinski definition) is 3. The van der Waals surface area contributed by atoms with Gasteiger partial charge in [-0.2, -0.15) is 0 Å². The van der Waals surface area contributed by atoms with Crippen molar-refractivity contribution in [2.45, 2.75) is 6.54 Å². The molecule has 1 saturated heterocycles. The van der Waals surface area contributed by atoms with Gasteiger partial charge in [0.15, 0.2) is 11.6 Å². The highest BCUT2D eigenvalue weighted by atomic mass is 19.1. The van der Waals surface area contributed by atoms with Crippen LogP contribution >= 0.6 is 0 Å². The quantitative estimate of drug-likeness (QED) is 0.781. The molecule has 0 aromatic heterocycles. The van der Waals surface area contributed by atoms with Gasteiger partial charge in [0.25, 0.3) is 0 Å². The van der Waals surface area contributed by atoms with E-state index in [0.717, 1.165) is 38.4 Å². The van der Waals surface area contributed by atoms with E-state index >= 15 is 0 Å². The molecule has 16 heavy (non-hydrogen) atoms. The van der Waals surface area contributed by atoms with E-state index in [1.54, 1.807) is 12.1 Å². The maximum Gasteiger partial charge on any atom is 0.165 e. The number of rotatable bonds is 3. The van der Waals surface area contributed by atoms with Gasteiger partial charge >= 0.3 is 0 Å². The Hall–Kier alpha value is -1.13. The molecule has 1 heterocycles. The van der Waals surface area contributed by atoms with Crippen molar-refractivity contribution in [1.29, 1.82) is 0 Å². The van der Waals surface area contributed by atoms with Gasteiger partial charge in [-0.15, -0.1) is 0 Å². The van der Waals surface area contributed by atoms with Crippen molar-refractivity contribution >= 4 is 0 Å². The van der Waals surface area contributed by atoms with Crippen LogP contribution in [0.25, 0.3) is 0 Å². The van der Waals surface area contributed by atoms with Gasteiger partial charge < -0.3 is 9.47 Å². The minimum atomic E-state index is -0.312. The van der Waals surface area contributed by atoms with Crippen molar-refractivity contribution in [2.24, 2.45) is 0 Å². The first-order chi connectivity index (χ1) is 7.79. The maximum atomic E-state index is 13.2. The van der Waals surface area contributed by atoms with Gasteiger partial charge in [0.05, 0.1) is 20.3 Å². The summed E-state index contributed by atoms with van der Waals surface area (Å²) in [5.74, 6) is -0.000938. The molecule has 0 unspecified atom stereocenters. The molecule has 0 saturated carbocycles. The molecular formula is C12H16FNO2. The molecule has 1 aromatic rings. The maximum absolute atomic E-state index is 13.2. The molecule has 0 amide bonds. The first-order valence-electron chi connectivity index (χ1n) is 5.42. The van der Waals surface area contributed by atoms with Gasteiger partial charge in [0, 0.05) is 19.6 Å². The molecule has 1 aliphatic rings. The number of halogens is 1. The third-order valence-electron chi connectivity index (χ3n) is 2.73. The van der Waals surface area contributed by atoms with Crippen LogP contribution in [0.3, 0.4) is 0 Å². The van der Waals surface area contributed by atoms with Crippen molar-refractivity contribution < 1.29 is 13.9 Å². The summed E-state index contributed by atoms with van der Waals surface area (Å²) in [7, 11) is 1.48. The average Bonchev–Trinajstić information content (AvgIpc) is 2.33. The average molecular weight is 225 g/mol. The highest BCUT2D eigenvalue weighted by Crippen LogP contribution is 2.19. The minimum Gasteiger partial charge on any atom is -0.494 e. The lowest BCUT2D eigenvalue weighted by molar-refractivity contribution is 0.0341. The first-order valence-corrected chi connectivity index (χ1v) is 5.42. The Bertz CT molecular complexity index is 351. The molecule has 3 nitrogen and oxygen atoms in total. The second-order valence-corrected chi connectivity index (χ2v) is 3.86. The number of morpholine rings is 1. The van der Waals surface area contributed by atoms with Gasteiger partial charge in [-0.3, -0.25) is 4.90 Å². The molecule has 0 bridgehead atoms. The molecular weight excluding hydrogens is 209 g/mol. The number of hydrogen-bond donors (Lipinski definition) is 0. The third kappa shape index (κ3) is 2.71. The fourth-order valence-corrected chi connectivity index (χ4v) is 1.82. The molecule has 0 spiro atoms. The zero-order valence-corrected chi connectivity index (χ0v) is 9.41. The number of ether oxygens (including phenoxy) is 2. The standard InChI is InChI=1S/C12H16FNO2/c1-15-12-8-10(2-3-11(12)13)9-14-4-6-16-7-5-14/h2-3,8H,4-7,9H2,1H3. The topological polar surface area (TPSA) is 21.7 Å². The summed E-state index contributed by atoms with van der Waals surface area (Å²) in [6.45, 7) is 4.23. The highest BCUT2D eigenvalue weighted by molar-refractivity contribution is 5.30. The SMILES string of the molecule is COc1cc(CN2CCOCC2)ccc1F. The smallest absolute Gasteiger partial charge is 0.165 e. The predicted octanol–water partition coefficient (Wildman–Crippen LogP) is 1.67. The molecule has 0 radical (unpaired) electrons. The van der Waals surface area contributed by atoms with Gasteiger partial charge in [-0.1, -0.05) is 6.07 Å². The highest BCUT2D eigenvalue weighted by Gasteiger charge is 2.11. The van der Waals surface area contributed by atoms with Gasteiger partial charge in [0.2, 0.25) is 0 Å². The Morgan fingerprint density at radius 3 is 2.81 bits per heavy atom. The van der Waals surface area contributed by atoms with Crippen LogP contribution in [-0.4, -0.2) is 38.3 Å². The second-order valence-electron chi connectivity index (χ2n) is 3.86. The monoisotopic (exact) mass is 225 g/mol. The fourth-order valence-electron chi connectivity index (χ4n) is 1.82. The lowest BCUT2D eigenvalue weighted by Gasteiger charge is -2.26. The fraction of sp³-hybridized carbons (Fsp3) is 0.500. The van der Waals surface area contributed by atoms with Crippen LogP contribution in [0.4, 0.5) is 4.39 Å². The van der Waals surface area contributed by atoms with E-state index in [9.17, 15) is 4.39 Å². The summed E-state index contributed by atoms with van der Waals surface area (Å²) in [6.07, 6.45) is 0. The Labute approximate surface area is 94.8 Å². The van der Waals surface area contributed by atoms with E-state index in [2.05, 4.69) is 4.90 Å². The van der Waals surface area contributed by atoms with Gasteiger partial charge in [-0.25, -0.2) is 4.39 Å². The van der Waals surface area contributed by atoms with E-state index in [1.165, 1.54) is 13.2 Å². The molecule has 1 aromatic carbocycles. The van der Waals surface area contributed by atoms with E-state index in [0.29, 0.717) is 5.75 Å². The second kappa shape index (κ2) is 5.27. The molecule has 88 valence electrons. The molecule has 1 fully saturated rings. The van der Waals surface area contributed by atoms with Crippen LogP contribution in [0.5, 0.6) is 5.75 Å². The number of nitrogens with zero attached hydrogens (tertiary/aromatic N) is 1. The van der Waals surface area contributed by atoms with Crippen LogP contribution in [0.2, 0.25) is 0 Å². The third-order valence-corrected chi connectivity index (χ3v) is 2.73. The van der Waals surface area contributed by atoms with E-state index in [1.807, 2.05) is 0 Å². The van der Waals surface area contributed by atoms with E-state index in [4.69, 9.17) is 9.47 Å². The zero-order valence-electron chi connectivity index (χ0n) is 9.41. The number of methoxy groups -OCH3 is 1. The lowest BCUT2D eigenvalue weighted by atomic mass is 10.2. The molecule has 2 rings (SSSR count). The summed E-state index contributed by atoms with van der Waals surface area (Å²) in [6, 6.07) is 5.01. The normalized spacial score (nSPS) is 17.4. The molecule has 1 aliphatic heterocycles. The Morgan fingerprint density at radius 2 is 2.12 bits per heavy atom. The van der Waals surface area contributed by atoms with Gasteiger partial charge in [-0.05, 0) is 17.7 Å². The summed E-state index contributed by atoms with van der Waals surface area (Å²) >= 11 is 0. The lowest BCUT2D eigenvalue weighted by Crippen LogP contribution is -2.35. The zero-order chi connectivity index (χ0) is 11.4. The van der Waals surface area contributed by atoms with Crippen LogP contribution in [0.1, 0.15) is 5.56 Å². The minimum absolute atomic E-state index is 0.311. The van der Waals surface area contributed by atoms with Crippen molar-refractivity contribution in [3.8, 4) is 5.75 Å². The summed E-state index contributed by atoms with van der Waals surface area (Å²) in [5.41, 5.74) is 1.07. The van der Waals surface area contributed by atoms with Gasteiger partial charge in [0.1, 0.15) is 0 Å². The largest absolute Gasteiger partial charge is 0.494 e. The van der Waals surface area contributed by atoms with Crippen LogP contribution in [0, 0.1) is 5.82 Å². The van der Waals surface area contributed by atoms with Crippen molar-refractivity contribution in [3.05, 3.63) is 29.6 Å². The predicted molar refractivity (Wildman–Crippen MR) is 59.0 cm³/mol. The van der Waals surface area contributed by atoms with Crippen molar-refractivity contribution in [1.82, 2.24) is 4.90 Å².